The number of allylic oxidation sites excluding steroid dienone is 1. The molecule has 0 rings (SSSR count). The van der Waals surface area contributed by atoms with Crippen molar-refractivity contribution in [3.63, 3.8) is 0 Å². The van der Waals surface area contributed by atoms with E-state index in [1.165, 1.54) is 32.1 Å². The summed E-state index contributed by atoms with van der Waals surface area (Å²) in [5.74, 6) is 0. The van der Waals surface area contributed by atoms with Crippen LogP contribution in [0.25, 0.3) is 0 Å². The maximum atomic E-state index is 6.21. The Hall–Kier alpha value is -0.283. The quantitative estimate of drug-likeness (QED) is 0.274. The highest BCUT2D eigenvalue weighted by molar-refractivity contribution is 6.74. The van der Waals surface area contributed by atoms with Gasteiger partial charge in [0, 0.05) is 6.61 Å². The fraction of sp³-hybridized carbons (Fsp3) is 0.889. The minimum Gasteiger partial charge on any atom is -0.505 e. The zero-order valence-corrected chi connectivity index (χ0v) is 16.7. The Bertz CT molecular complexity index is 301. The van der Waals surface area contributed by atoms with Crippen LogP contribution in [-0.2, 0) is 9.16 Å². The van der Waals surface area contributed by atoms with Crippen molar-refractivity contribution in [3.05, 3.63) is 12.3 Å². The van der Waals surface area contributed by atoms with Gasteiger partial charge in [0.1, 0.15) is 0 Å². The van der Waals surface area contributed by atoms with Gasteiger partial charge < -0.3 is 9.16 Å². The van der Waals surface area contributed by atoms with Gasteiger partial charge in [-0.25, -0.2) is 0 Å². The Morgan fingerprint density at radius 3 is 2.00 bits per heavy atom. The van der Waals surface area contributed by atoms with Gasteiger partial charge in [-0.05, 0) is 42.5 Å². The number of hydrogen-bond donors (Lipinski definition) is 0. The van der Waals surface area contributed by atoms with E-state index in [0.29, 0.717) is 5.04 Å². The van der Waals surface area contributed by atoms with E-state index in [4.69, 9.17) is 9.16 Å². The molecule has 0 aromatic carbocycles. The summed E-state index contributed by atoms with van der Waals surface area (Å²) in [7, 11) is 0.162. The molecule has 0 atom stereocenters. The predicted molar refractivity (Wildman–Crippen MR) is 96.2 cm³/mol. The van der Waals surface area contributed by atoms with Gasteiger partial charge in [-0.2, -0.15) is 0 Å². The average Bonchev–Trinajstić information content (AvgIpc) is 2.33. The van der Waals surface area contributed by atoms with Crippen molar-refractivity contribution >= 4 is 8.32 Å². The van der Waals surface area contributed by atoms with E-state index in [2.05, 4.69) is 53.8 Å². The van der Waals surface area contributed by atoms with Gasteiger partial charge in [0.05, 0.1) is 13.4 Å². The number of methoxy groups -OCH3 is 1. The highest BCUT2D eigenvalue weighted by Crippen LogP contribution is 2.36. The lowest BCUT2D eigenvalue weighted by Crippen LogP contribution is -2.40. The Kier molecular flexibility index (Phi) is 8.87. The van der Waals surface area contributed by atoms with Crippen LogP contribution >= 0.6 is 0 Å². The Morgan fingerprint density at radius 2 is 1.48 bits per heavy atom. The maximum Gasteiger partial charge on any atom is 0.191 e. The zero-order chi connectivity index (χ0) is 16.6. The van der Waals surface area contributed by atoms with Crippen molar-refractivity contribution in [1.82, 2.24) is 0 Å². The van der Waals surface area contributed by atoms with E-state index in [1.54, 1.807) is 13.4 Å². The summed E-state index contributed by atoms with van der Waals surface area (Å²) in [5, 5.41) is 0.324. The van der Waals surface area contributed by atoms with E-state index in [-0.39, 0.29) is 5.41 Å². The predicted octanol–water partition coefficient (Wildman–Crippen LogP) is 6.15. The molecule has 0 aliphatic rings. The van der Waals surface area contributed by atoms with Crippen LogP contribution < -0.4 is 0 Å². The molecule has 0 fully saturated rings. The first-order valence-electron chi connectivity index (χ1n) is 8.36. The van der Waals surface area contributed by atoms with Crippen molar-refractivity contribution in [3.8, 4) is 0 Å². The molecule has 0 radical (unpaired) electrons. The molecular weight excluding hydrogens is 276 g/mol. The molecule has 0 heterocycles. The summed E-state index contributed by atoms with van der Waals surface area (Å²) < 4.78 is 11.2. The van der Waals surface area contributed by atoms with Gasteiger partial charge in [0.2, 0.25) is 0 Å². The third-order valence-corrected chi connectivity index (χ3v) is 9.18. The largest absolute Gasteiger partial charge is 0.505 e. The van der Waals surface area contributed by atoms with Crippen molar-refractivity contribution in [2.45, 2.75) is 84.9 Å². The highest BCUT2D eigenvalue weighted by atomic mass is 28.4. The molecular formula is C18H38O2Si. The van der Waals surface area contributed by atoms with Gasteiger partial charge in [0.25, 0.3) is 0 Å². The first-order valence-corrected chi connectivity index (χ1v) is 11.3. The first kappa shape index (κ1) is 20.7. The molecule has 0 spiro atoms. The zero-order valence-electron chi connectivity index (χ0n) is 15.7. The van der Waals surface area contributed by atoms with Crippen LogP contribution in [0.1, 0.15) is 66.7 Å². The molecule has 0 aromatic heterocycles. The Labute approximate surface area is 134 Å². The molecule has 0 unspecified atom stereocenters. The van der Waals surface area contributed by atoms with Crippen molar-refractivity contribution in [2.24, 2.45) is 5.41 Å². The summed E-state index contributed by atoms with van der Waals surface area (Å²) in [4.78, 5) is 0. The Balaban J connectivity index is 3.73. The topological polar surface area (TPSA) is 18.5 Å². The second kappa shape index (κ2) is 8.99. The lowest BCUT2D eigenvalue weighted by atomic mass is 9.87. The number of unbranched alkanes of at least 4 members (excludes halogenated alkanes) is 3. The minimum absolute atomic E-state index is 0.244. The van der Waals surface area contributed by atoms with Crippen LogP contribution in [0.15, 0.2) is 12.3 Å². The van der Waals surface area contributed by atoms with Gasteiger partial charge in [0.15, 0.2) is 8.32 Å². The Morgan fingerprint density at radius 1 is 0.905 bits per heavy atom. The summed E-state index contributed by atoms with van der Waals surface area (Å²) in [5.41, 5.74) is 0.244. The maximum absolute atomic E-state index is 6.21. The molecule has 0 saturated heterocycles. The van der Waals surface area contributed by atoms with Crippen LogP contribution in [-0.4, -0.2) is 22.0 Å². The normalized spacial score (nSPS) is 13.9. The fourth-order valence-electron chi connectivity index (χ4n) is 1.92. The van der Waals surface area contributed by atoms with Crippen molar-refractivity contribution < 1.29 is 9.16 Å². The smallest absolute Gasteiger partial charge is 0.191 e. The van der Waals surface area contributed by atoms with Gasteiger partial charge in [-0.3, -0.25) is 0 Å². The SMILES string of the molecule is CO/C=C\C(C)(C)CCCCCCO[Si](C)(C)C(C)(C)C. The summed E-state index contributed by atoms with van der Waals surface area (Å²) >= 11 is 0. The number of ether oxygens (including phenoxy) is 1. The molecule has 0 amide bonds. The standard InChI is InChI=1S/C18H38O2Si/c1-17(2,3)21(7,8)20-15-12-10-9-11-13-18(4,5)14-16-19-6/h14,16H,9-13,15H2,1-8H3/b16-14-. The third kappa shape index (κ3) is 9.36. The molecule has 0 N–H and O–H groups in total. The van der Waals surface area contributed by atoms with Gasteiger partial charge in [-0.15, -0.1) is 0 Å². The molecule has 0 aromatic rings. The van der Waals surface area contributed by atoms with Crippen LogP contribution in [0.5, 0.6) is 0 Å². The van der Waals surface area contributed by atoms with E-state index in [9.17, 15) is 0 Å². The van der Waals surface area contributed by atoms with Crippen LogP contribution in [0.4, 0.5) is 0 Å². The third-order valence-electron chi connectivity index (χ3n) is 4.64. The molecule has 0 saturated carbocycles. The van der Waals surface area contributed by atoms with Crippen LogP contribution in [0.2, 0.25) is 18.1 Å². The second-order valence-electron chi connectivity index (χ2n) is 8.30. The molecule has 0 aliphatic carbocycles. The van der Waals surface area contributed by atoms with Crippen molar-refractivity contribution in [1.29, 1.82) is 0 Å². The summed E-state index contributed by atoms with van der Waals surface area (Å²) in [6.45, 7) is 17.0. The van der Waals surface area contributed by atoms with E-state index < -0.39 is 8.32 Å². The first-order chi connectivity index (χ1) is 9.52. The molecule has 21 heavy (non-hydrogen) atoms. The molecule has 3 heteroatoms. The van der Waals surface area contributed by atoms with Crippen LogP contribution in [0, 0.1) is 5.41 Å². The number of rotatable bonds is 10. The van der Waals surface area contributed by atoms with E-state index in [0.717, 1.165) is 6.61 Å². The van der Waals surface area contributed by atoms with Crippen molar-refractivity contribution in [2.75, 3.05) is 13.7 Å². The van der Waals surface area contributed by atoms with Gasteiger partial charge in [-0.1, -0.05) is 53.9 Å². The summed E-state index contributed by atoms with van der Waals surface area (Å²) in [6.07, 6.45) is 10.2. The lowest BCUT2D eigenvalue weighted by molar-refractivity contribution is 0.275. The molecule has 0 bridgehead atoms. The fourth-order valence-corrected chi connectivity index (χ4v) is 3.00. The second-order valence-corrected chi connectivity index (χ2v) is 13.1. The molecule has 126 valence electrons. The summed E-state index contributed by atoms with van der Waals surface area (Å²) in [6, 6.07) is 0. The monoisotopic (exact) mass is 314 g/mol. The van der Waals surface area contributed by atoms with Crippen LogP contribution in [0.3, 0.4) is 0 Å². The minimum atomic E-state index is -1.54. The number of hydrogen-bond acceptors (Lipinski definition) is 2. The van der Waals surface area contributed by atoms with Gasteiger partial charge >= 0.3 is 0 Å². The highest BCUT2D eigenvalue weighted by Gasteiger charge is 2.36. The van der Waals surface area contributed by atoms with E-state index >= 15 is 0 Å². The molecule has 2 nitrogen and oxygen atoms in total. The molecule has 0 aliphatic heterocycles. The van der Waals surface area contributed by atoms with E-state index in [1.807, 2.05) is 0 Å². The lowest BCUT2D eigenvalue weighted by Gasteiger charge is -2.36. The average molecular weight is 315 g/mol.